The highest BCUT2D eigenvalue weighted by atomic mass is 16.5. The summed E-state index contributed by atoms with van der Waals surface area (Å²) in [7, 11) is 1.70. The lowest BCUT2D eigenvalue weighted by molar-refractivity contribution is 0.0373. The van der Waals surface area contributed by atoms with Crippen LogP contribution in [-0.2, 0) is 4.74 Å². The molecule has 1 aliphatic carbocycles. The lowest BCUT2D eigenvalue weighted by atomic mass is 9.83. The quantitative estimate of drug-likeness (QED) is 0.662. The highest BCUT2D eigenvalue weighted by Gasteiger charge is 2.18. The standard InChI is InChI=1S/C18H29NO2/c1-3-12-19-14-18(21-13-11-15-5-4-6-15)16-7-9-17(20-2)10-8-16/h7-10,15,18-19H,3-6,11-14H2,1-2H3. The fourth-order valence-corrected chi connectivity index (χ4v) is 2.66. The molecular weight excluding hydrogens is 262 g/mol. The van der Waals surface area contributed by atoms with Gasteiger partial charge >= 0.3 is 0 Å². The first kappa shape index (κ1) is 16.3. The van der Waals surface area contributed by atoms with Crippen LogP contribution in [0.1, 0.15) is 50.7 Å². The number of nitrogens with one attached hydrogen (secondary N) is 1. The van der Waals surface area contributed by atoms with E-state index in [0.717, 1.165) is 37.8 Å². The van der Waals surface area contributed by atoms with E-state index in [1.165, 1.54) is 31.2 Å². The molecule has 0 bridgehead atoms. The average molecular weight is 291 g/mol. The van der Waals surface area contributed by atoms with Crippen LogP contribution in [0.2, 0.25) is 0 Å². The second-order valence-electron chi connectivity index (χ2n) is 5.92. The molecule has 2 rings (SSSR count). The molecule has 118 valence electrons. The van der Waals surface area contributed by atoms with Gasteiger partial charge in [-0.05, 0) is 43.0 Å². The molecule has 1 aromatic rings. The van der Waals surface area contributed by atoms with Crippen LogP contribution in [0, 0.1) is 5.92 Å². The Morgan fingerprint density at radius 1 is 1.24 bits per heavy atom. The molecule has 1 N–H and O–H groups in total. The van der Waals surface area contributed by atoms with Crippen molar-refractivity contribution in [3.63, 3.8) is 0 Å². The predicted octanol–water partition coefficient (Wildman–Crippen LogP) is 3.94. The summed E-state index contributed by atoms with van der Waals surface area (Å²) in [5.74, 6) is 1.80. The van der Waals surface area contributed by atoms with Gasteiger partial charge in [0.1, 0.15) is 5.75 Å². The molecule has 1 fully saturated rings. The minimum Gasteiger partial charge on any atom is -0.497 e. The largest absolute Gasteiger partial charge is 0.497 e. The van der Waals surface area contributed by atoms with Gasteiger partial charge in [0.05, 0.1) is 13.2 Å². The predicted molar refractivity (Wildman–Crippen MR) is 86.8 cm³/mol. The summed E-state index contributed by atoms with van der Waals surface area (Å²) in [5, 5.41) is 3.47. The van der Waals surface area contributed by atoms with Crippen LogP contribution < -0.4 is 10.1 Å². The molecule has 1 aromatic carbocycles. The highest BCUT2D eigenvalue weighted by molar-refractivity contribution is 5.28. The van der Waals surface area contributed by atoms with Crippen LogP contribution in [0.4, 0.5) is 0 Å². The fraction of sp³-hybridized carbons (Fsp3) is 0.667. The molecule has 0 heterocycles. The van der Waals surface area contributed by atoms with Crippen LogP contribution in [0.5, 0.6) is 5.75 Å². The molecule has 0 radical (unpaired) electrons. The lowest BCUT2D eigenvalue weighted by Crippen LogP contribution is -2.25. The van der Waals surface area contributed by atoms with E-state index >= 15 is 0 Å². The van der Waals surface area contributed by atoms with Crippen molar-refractivity contribution in [2.24, 2.45) is 5.92 Å². The Hall–Kier alpha value is -1.06. The Balaban J connectivity index is 1.85. The van der Waals surface area contributed by atoms with Crippen LogP contribution in [0.3, 0.4) is 0 Å². The zero-order valence-electron chi connectivity index (χ0n) is 13.4. The Bertz CT molecular complexity index is 387. The molecule has 0 amide bonds. The molecule has 1 unspecified atom stereocenters. The van der Waals surface area contributed by atoms with E-state index < -0.39 is 0 Å². The van der Waals surface area contributed by atoms with Gasteiger partial charge in [0.15, 0.2) is 0 Å². The van der Waals surface area contributed by atoms with Gasteiger partial charge in [-0.15, -0.1) is 0 Å². The number of hydrogen-bond acceptors (Lipinski definition) is 3. The molecule has 21 heavy (non-hydrogen) atoms. The van der Waals surface area contributed by atoms with Crippen molar-refractivity contribution in [2.75, 3.05) is 26.8 Å². The first-order chi connectivity index (χ1) is 10.3. The molecule has 0 aromatic heterocycles. The lowest BCUT2D eigenvalue weighted by Gasteiger charge is -2.26. The molecule has 1 saturated carbocycles. The minimum absolute atomic E-state index is 0.141. The number of benzene rings is 1. The van der Waals surface area contributed by atoms with Crippen molar-refractivity contribution in [3.05, 3.63) is 29.8 Å². The van der Waals surface area contributed by atoms with Crippen LogP contribution >= 0.6 is 0 Å². The van der Waals surface area contributed by atoms with E-state index in [1.807, 2.05) is 12.1 Å². The third-order valence-corrected chi connectivity index (χ3v) is 4.31. The maximum atomic E-state index is 6.15. The Morgan fingerprint density at radius 2 is 2.00 bits per heavy atom. The summed E-state index contributed by atoms with van der Waals surface area (Å²) in [4.78, 5) is 0. The monoisotopic (exact) mass is 291 g/mol. The summed E-state index contributed by atoms with van der Waals surface area (Å²) in [6.07, 6.45) is 6.69. The summed E-state index contributed by atoms with van der Waals surface area (Å²) < 4.78 is 11.4. The molecule has 0 spiro atoms. The molecule has 3 heteroatoms. The molecule has 3 nitrogen and oxygen atoms in total. The molecule has 1 aliphatic rings. The van der Waals surface area contributed by atoms with Gasteiger partial charge < -0.3 is 14.8 Å². The van der Waals surface area contributed by atoms with Gasteiger partial charge in [-0.2, -0.15) is 0 Å². The average Bonchev–Trinajstić information content (AvgIpc) is 2.48. The first-order valence-electron chi connectivity index (χ1n) is 8.29. The SMILES string of the molecule is CCCNCC(OCCC1CCC1)c1ccc(OC)cc1. The van der Waals surface area contributed by atoms with E-state index in [4.69, 9.17) is 9.47 Å². The van der Waals surface area contributed by atoms with Crippen molar-refractivity contribution < 1.29 is 9.47 Å². The van der Waals surface area contributed by atoms with E-state index in [0.29, 0.717) is 0 Å². The summed E-state index contributed by atoms with van der Waals surface area (Å²) in [5.41, 5.74) is 1.23. The van der Waals surface area contributed by atoms with Crippen molar-refractivity contribution in [3.8, 4) is 5.75 Å². The van der Waals surface area contributed by atoms with Gasteiger partial charge in [0, 0.05) is 13.2 Å². The molecular formula is C18H29NO2. The van der Waals surface area contributed by atoms with Gasteiger partial charge in [-0.3, -0.25) is 0 Å². The smallest absolute Gasteiger partial charge is 0.118 e. The Labute approximate surface area is 129 Å². The van der Waals surface area contributed by atoms with Crippen LogP contribution in [0.15, 0.2) is 24.3 Å². The van der Waals surface area contributed by atoms with E-state index in [9.17, 15) is 0 Å². The highest BCUT2D eigenvalue weighted by Crippen LogP contribution is 2.30. The van der Waals surface area contributed by atoms with Gasteiger partial charge in [0.25, 0.3) is 0 Å². The van der Waals surface area contributed by atoms with Crippen molar-refractivity contribution in [1.29, 1.82) is 0 Å². The van der Waals surface area contributed by atoms with E-state index in [1.54, 1.807) is 7.11 Å². The van der Waals surface area contributed by atoms with Crippen LogP contribution in [-0.4, -0.2) is 26.8 Å². The zero-order chi connectivity index (χ0) is 14.9. The first-order valence-corrected chi connectivity index (χ1v) is 8.29. The number of rotatable bonds is 10. The third kappa shape index (κ3) is 5.33. The second kappa shape index (κ2) is 9.06. The van der Waals surface area contributed by atoms with Gasteiger partial charge in [0.2, 0.25) is 0 Å². The van der Waals surface area contributed by atoms with Gasteiger partial charge in [-0.25, -0.2) is 0 Å². The maximum Gasteiger partial charge on any atom is 0.118 e. The molecule has 0 aliphatic heterocycles. The Kier molecular flexibility index (Phi) is 7.04. The van der Waals surface area contributed by atoms with Crippen molar-refractivity contribution in [1.82, 2.24) is 5.32 Å². The topological polar surface area (TPSA) is 30.5 Å². The second-order valence-corrected chi connectivity index (χ2v) is 5.92. The summed E-state index contributed by atoms with van der Waals surface area (Å²) in [6, 6.07) is 8.25. The number of hydrogen-bond donors (Lipinski definition) is 1. The number of ether oxygens (including phenoxy) is 2. The molecule has 0 saturated heterocycles. The van der Waals surface area contributed by atoms with E-state index in [-0.39, 0.29) is 6.10 Å². The zero-order valence-corrected chi connectivity index (χ0v) is 13.4. The van der Waals surface area contributed by atoms with Gasteiger partial charge in [-0.1, -0.05) is 38.3 Å². The van der Waals surface area contributed by atoms with E-state index in [2.05, 4.69) is 24.4 Å². The van der Waals surface area contributed by atoms with Crippen molar-refractivity contribution >= 4 is 0 Å². The molecule has 1 atom stereocenters. The fourth-order valence-electron chi connectivity index (χ4n) is 2.66. The third-order valence-electron chi connectivity index (χ3n) is 4.31. The number of methoxy groups -OCH3 is 1. The Morgan fingerprint density at radius 3 is 2.57 bits per heavy atom. The normalized spacial score (nSPS) is 16.5. The summed E-state index contributed by atoms with van der Waals surface area (Å²) in [6.45, 7) is 4.98. The minimum atomic E-state index is 0.141. The summed E-state index contributed by atoms with van der Waals surface area (Å²) >= 11 is 0. The van der Waals surface area contributed by atoms with Crippen molar-refractivity contribution in [2.45, 2.75) is 45.1 Å². The maximum absolute atomic E-state index is 6.15. The van der Waals surface area contributed by atoms with Crippen LogP contribution in [0.25, 0.3) is 0 Å².